The standard InChI is InChI=1S/C27H24N6O3/c28-13-15-32-22-12-7-14-29-23(22)25(26(27(32)34)33(35)36)31-18-16-30(17-19-31)24(20-8-3-1-4-9-20)21-10-5-2-6-11-21/h1-12,14,24H,15-19H2. The van der Waals surface area contributed by atoms with E-state index < -0.39 is 16.2 Å². The van der Waals surface area contributed by atoms with E-state index in [1.54, 1.807) is 18.3 Å². The lowest BCUT2D eigenvalue weighted by atomic mass is 9.96. The molecule has 1 fully saturated rings. The summed E-state index contributed by atoms with van der Waals surface area (Å²) in [7, 11) is 0. The number of nitro groups is 1. The van der Waals surface area contributed by atoms with E-state index >= 15 is 0 Å². The van der Waals surface area contributed by atoms with Gasteiger partial charge in [0.25, 0.3) is 0 Å². The lowest BCUT2D eigenvalue weighted by Gasteiger charge is -2.40. The van der Waals surface area contributed by atoms with Crippen LogP contribution in [0.5, 0.6) is 0 Å². The topological polar surface area (TPSA) is 108 Å². The van der Waals surface area contributed by atoms with Crippen LogP contribution in [0.2, 0.25) is 0 Å². The van der Waals surface area contributed by atoms with Crippen LogP contribution in [0.15, 0.2) is 83.8 Å². The van der Waals surface area contributed by atoms with Gasteiger partial charge in [0.1, 0.15) is 17.7 Å². The number of rotatable bonds is 6. The maximum absolute atomic E-state index is 13.1. The molecule has 0 spiro atoms. The van der Waals surface area contributed by atoms with E-state index in [2.05, 4.69) is 34.1 Å². The Morgan fingerprint density at radius 1 is 0.944 bits per heavy atom. The molecular formula is C27H24N6O3. The summed E-state index contributed by atoms with van der Waals surface area (Å²) in [5.74, 6) is 0. The molecule has 3 heterocycles. The third-order valence-corrected chi connectivity index (χ3v) is 6.61. The van der Waals surface area contributed by atoms with E-state index in [-0.39, 0.29) is 18.3 Å². The number of nitrogens with zero attached hydrogens (tertiary/aromatic N) is 6. The number of benzene rings is 2. The van der Waals surface area contributed by atoms with Crippen LogP contribution in [0.3, 0.4) is 0 Å². The van der Waals surface area contributed by atoms with Crippen molar-refractivity contribution in [3.05, 3.63) is 111 Å². The van der Waals surface area contributed by atoms with Crippen molar-refractivity contribution in [3.63, 3.8) is 0 Å². The van der Waals surface area contributed by atoms with Gasteiger partial charge in [-0.2, -0.15) is 5.26 Å². The van der Waals surface area contributed by atoms with Crippen LogP contribution >= 0.6 is 0 Å². The Labute approximate surface area is 207 Å². The first-order chi connectivity index (χ1) is 17.6. The van der Waals surface area contributed by atoms with Crippen LogP contribution in [0.4, 0.5) is 11.4 Å². The molecule has 1 aliphatic rings. The Morgan fingerprint density at radius 2 is 1.56 bits per heavy atom. The Hall–Kier alpha value is -4.55. The van der Waals surface area contributed by atoms with Crippen molar-refractivity contribution in [3.8, 4) is 6.07 Å². The van der Waals surface area contributed by atoms with Crippen molar-refractivity contribution in [2.75, 3.05) is 31.1 Å². The summed E-state index contributed by atoms with van der Waals surface area (Å²) in [5, 5.41) is 21.3. The molecule has 0 saturated carbocycles. The Balaban J connectivity index is 1.53. The maximum atomic E-state index is 13.1. The fraction of sp³-hybridized carbons (Fsp3) is 0.222. The van der Waals surface area contributed by atoms with Crippen LogP contribution in [-0.2, 0) is 6.54 Å². The van der Waals surface area contributed by atoms with Gasteiger partial charge >= 0.3 is 11.2 Å². The quantitative estimate of drug-likeness (QED) is 0.305. The lowest BCUT2D eigenvalue weighted by molar-refractivity contribution is -0.385. The highest BCUT2D eigenvalue weighted by molar-refractivity contribution is 5.93. The highest BCUT2D eigenvalue weighted by Gasteiger charge is 2.33. The zero-order valence-electron chi connectivity index (χ0n) is 19.5. The van der Waals surface area contributed by atoms with Crippen molar-refractivity contribution in [2.24, 2.45) is 0 Å². The zero-order chi connectivity index (χ0) is 25.1. The molecule has 0 radical (unpaired) electrons. The molecule has 9 nitrogen and oxygen atoms in total. The molecular weight excluding hydrogens is 456 g/mol. The summed E-state index contributed by atoms with van der Waals surface area (Å²) in [6.45, 7) is 1.98. The molecule has 2 aromatic carbocycles. The van der Waals surface area contributed by atoms with Gasteiger partial charge in [-0.3, -0.25) is 29.4 Å². The molecule has 0 atom stereocenters. The first-order valence-corrected chi connectivity index (χ1v) is 11.7. The molecule has 1 saturated heterocycles. The van der Waals surface area contributed by atoms with E-state index in [1.807, 2.05) is 47.4 Å². The minimum Gasteiger partial charge on any atom is -0.361 e. The van der Waals surface area contributed by atoms with Crippen LogP contribution in [-0.4, -0.2) is 45.6 Å². The Kier molecular flexibility index (Phi) is 6.43. The number of nitriles is 1. The van der Waals surface area contributed by atoms with Gasteiger partial charge in [-0.05, 0) is 23.3 Å². The summed E-state index contributed by atoms with van der Waals surface area (Å²) >= 11 is 0. The van der Waals surface area contributed by atoms with Crippen LogP contribution in [0, 0.1) is 21.4 Å². The van der Waals surface area contributed by atoms with Crippen molar-refractivity contribution in [2.45, 2.75) is 12.6 Å². The van der Waals surface area contributed by atoms with Gasteiger partial charge in [-0.25, -0.2) is 0 Å². The highest BCUT2D eigenvalue weighted by atomic mass is 16.6. The predicted octanol–water partition coefficient (Wildman–Crippen LogP) is 3.74. The monoisotopic (exact) mass is 480 g/mol. The van der Waals surface area contributed by atoms with Crippen molar-refractivity contribution in [1.29, 1.82) is 5.26 Å². The summed E-state index contributed by atoms with van der Waals surface area (Å²) in [5.41, 5.74) is 2.03. The summed E-state index contributed by atoms with van der Waals surface area (Å²) in [6.07, 6.45) is 1.55. The lowest BCUT2D eigenvalue weighted by Crippen LogP contribution is -2.48. The summed E-state index contributed by atoms with van der Waals surface area (Å²) < 4.78 is 1.13. The minimum atomic E-state index is -0.786. The molecule has 0 aliphatic carbocycles. The molecule has 0 bridgehead atoms. The van der Waals surface area contributed by atoms with E-state index in [9.17, 15) is 20.2 Å². The molecule has 36 heavy (non-hydrogen) atoms. The largest absolute Gasteiger partial charge is 0.361 e. The zero-order valence-corrected chi connectivity index (χ0v) is 19.5. The molecule has 1 aliphatic heterocycles. The molecule has 0 unspecified atom stereocenters. The molecule has 9 heteroatoms. The molecule has 5 rings (SSSR count). The molecule has 0 N–H and O–H groups in total. The first kappa shape index (κ1) is 23.2. The third kappa shape index (κ3) is 4.19. The van der Waals surface area contributed by atoms with Gasteiger partial charge in [-0.1, -0.05) is 60.7 Å². The van der Waals surface area contributed by atoms with Crippen molar-refractivity contribution < 1.29 is 4.92 Å². The van der Waals surface area contributed by atoms with Gasteiger partial charge in [-0.15, -0.1) is 0 Å². The van der Waals surface area contributed by atoms with Gasteiger partial charge in [0.2, 0.25) is 0 Å². The number of hydrogen-bond acceptors (Lipinski definition) is 7. The van der Waals surface area contributed by atoms with E-state index in [4.69, 9.17) is 0 Å². The normalized spacial score (nSPS) is 14.2. The summed E-state index contributed by atoms with van der Waals surface area (Å²) in [6, 6.07) is 25.8. The first-order valence-electron chi connectivity index (χ1n) is 11.7. The second kappa shape index (κ2) is 9.98. The number of pyridine rings is 2. The number of anilines is 1. The summed E-state index contributed by atoms with van der Waals surface area (Å²) in [4.78, 5) is 33.2. The van der Waals surface area contributed by atoms with Crippen LogP contribution in [0.25, 0.3) is 11.0 Å². The van der Waals surface area contributed by atoms with Crippen molar-refractivity contribution >= 4 is 22.4 Å². The smallest absolute Gasteiger partial charge is 0.359 e. The average Bonchev–Trinajstić information content (AvgIpc) is 2.91. The van der Waals surface area contributed by atoms with E-state index in [0.29, 0.717) is 37.2 Å². The molecule has 2 aromatic heterocycles. The fourth-order valence-electron chi connectivity index (χ4n) is 5.03. The Bertz CT molecular complexity index is 1450. The number of piperazine rings is 1. The van der Waals surface area contributed by atoms with E-state index in [1.165, 1.54) is 11.1 Å². The van der Waals surface area contributed by atoms with Crippen LogP contribution < -0.4 is 10.5 Å². The predicted molar refractivity (Wildman–Crippen MR) is 137 cm³/mol. The van der Waals surface area contributed by atoms with Gasteiger partial charge in [0.15, 0.2) is 0 Å². The van der Waals surface area contributed by atoms with E-state index in [0.717, 1.165) is 4.57 Å². The van der Waals surface area contributed by atoms with Gasteiger partial charge in [0.05, 0.1) is 22.6 Å². The molecule has 4 aromatic rings. The van der Waals surface area contributed by atoms with Gasteiger partial charge in [0, 0.05) is 32.4 Å². The number of fused-ring (bicyclic) bond motifs is 1. The number of aromatic nitrogens is 2. The Morgan fingerprint density at radius 3 is 2.11 bits per heavy atom. The molecule has 0 amide bonds. The highest BCUT2D eigenvalue weighted by Crippen LogP contribution is 2.35. The number of hydrogen-bond donors (Lipinski definition) is 0. The second-order valence-electron chi connectivity index (χ2n) is 8.62. The minimum absolute atomic E-state index is 0.0445. The fourth-order valence-corrected chi connectivity index (χ4v) is 5.03. The van der Waals surface area contributed by atoms with Crippen LogP contribution in [0.1, 0.15) is 17.2 Å². The third-order valence-electron chi connectivity index (χ3n) is 6.61. The average molecular weight is 481 g/mol. The molecule has 180 valence electrons. The maximum Gasteiger partial charge on any atom is 0.359 e. The van der Waals surface area contributed by atoms with Crippen molar-refractivity contribution in [1.82, 2.24) is 14.5 Å². The van der Waals surface area contributed by atoms with Gasteiger partial charge < -0.3 is 4.90 Å². The second-order valence-corrected chi connectivity index (χ2v) is 8.62. The SMILES string of the molecule is N#CCn1c(=O)c([N+](=O)[O-])c(N2CCN(C(c3ccccc3)c3ccccc3)CC2)c2ncccc21.